The first-order valence-corrected chi connectivity index (χ1v) is 29.9. The number of piperidine rings is 2. The maximum Gasteiger partial charge on any atom is 0.236 e. The minimum absolute atomic E-state index is 0.0887. The van der Waals surface area contributed by atoms with Crippen molar-refractivity contribution in [2.45, 2.75) is 164 Å². The summed E-state index contributed by atoms with van der Waals surface area (Å²) in [4.78, 5) is 64.4. The fourth-order valence-corrected chi connectivity index (χ4v) is 12.6. The number of ether oxygens (including phenoxy) is 1. The molecule has 1 aromatic carbocycles. The van der Waals surface area contributed by atoms with Gasteiger partial charge < -0.3 is 35.2 Å². The van der Waals surface area contributed by atoms with E-state index in [2.05, 4.69) is 77.5 Å². The van der Waals surface area contributed by atoms with Crippen LogP contribution >= 0.6 is 11.3 Å². The van der Waals surface area contributed by atoms with Crippen LogP contribution in [0.3, 0.4) is 0 Å². The largest absolute Gasteiger partial charge is 0.483 e. The number of carbonyl (C=O) groups is 3. The molecule has 7 rings (SSSR count). The number of nitrogen functional groups attached to an aromatic ring is 1. The lowest BCUT2D eigenvalue weighted by molar-refractivity contribution is -0.134. The van der Waals surface area contributed by atoms with Crippen molar-refractivity contribution in [3.8, 4) is 18.1 Å². The van der Waals surface area contributed by atoms with E-state index in [0.29, 0.717) is 65.8 Å². The first-order valence-electron chi connectivity index (χ1n) is 29.1. The first-order chi connectivity index (χ1) is 37.6. The van der Waals surface area contributed by atoms with Crippen molar-refractivity contribution in [2.24, 2.45) is 16.8 Å². The van der Waals surface area contributed by atoms with Gasteiger partial charge in [-0.2, -0.15) is 5.26 Å². The van der Waals surface area contributed by atoms with Crippen molar-refractivity contribution in [2.75, 3.05) is 95.1 Å². The van der Waals surface area contributed by atoms with Gasteiger partial charge in [-0.05, 0) is 145 Å². The fourth-order valence-electron chi connectivity index (χ4n) is 11.4. The van der Waals surface area contributed by atoms with Crippen LogP contribution in [0.1, 0.15) is 178 Å². The minimum Gasteiger partial charge on any atom is -0.483 e. The van der Waals surface area contributed by atoms with Crippen molar-refractivity contribution in [1.82, 2.24) is 24.7 Å². The van der Waals surface area contributed by atoms with E-state index in [1.54, 1.807) is 13.3 Å². The van der Waals surface area contributed by atoms with Crippen molar-refractivity contribution in [1.29, 1.82) is 5.26 Å². The second-order valence-corrected chi connectivity index (χ2v) is 22.8. The number of benzene rings is 1. The van der Waals surface area contributed by atoms with Gasteiger partial charge in [0.25, 0.3) is 0 Å². The van der Waals surface area contributed by atoms with Gasteiger partial charge in [-0.25, -0.2) is 15.0 Å². The number of hydrogen-bond donors (Lipinski definition) is 2. The van der Waals surface area contributed by atoms with Gasteiger partial charge in [0.05, 0.1) is 36.0 Å². The number of aliphatic imine (C=N–C) groups is 1. The fraction of sp³-hybridized carbons (Fsp3) is 0.629. The predicted molar refractivity (Wildman–Crippen MR) is 318 cm³/mol. The van der Waals surface area contributed by atoms with Crippen molar-refractivity contribution in [3.63, 3.8) is 0 Å². The molecule has 0 spiro atoms. The van der Waals surface area contributed by atoms with Gasteiger partial charge in [0.2, 0.25) is 17.8 Å². The highest BCUT2D eigenvalue weighted by Crippen LogP contribution is 2.47. The number of nitriles is 1. The van der Waals surface area contributed by atoms with Gasteiger partial charge in [-0.3, -0.25) is 19.3 Å². The lowest BCUT2D eigenvalue weighted by Gasteiger charge is -2.39. The molecule has 2 amide bonds. The van der Waals surface area contributed by atoms with Crippen LogP contribution in [-0.2, 0) is 31.0 Å². The molecule has 16 heteroatoms. The number of aliphatic hydroxyl groups is 1. The summed E-state index contributed by atoms with van der Waals surface area (Å²) in [7, 11) is 3.55. The van der Waals surface area contributed by atoms with E-state index in [-0.39, 0.29) is 17.7 Å². The number of rotatable bonds is 18. The Balaban J connectivity index is 0.000000708. The number of aryl methyl sites for hydroxylation is 2. The summed E-state index contributed by atoms with van der Waals surface area (Å²) < 4.78 is 6.08. The van der Waals surface area contributed by atoms with E-state index in [0.717, 1.165) is 163 Å². The average molecular weight is 1090 g/mol. The summed E-state index contributed by atoms with van der Waals surface area (Å²) in [5, 5.41) is 18.8. The molecule has 3 saturated heterocycles. The molecule has 0 saturated carbocycles. The summed E-state index contributed by atoms with van der Waals surface area (Å²) >= 11 is 1.51. The molecular formula is C62H92N10O5S. The number of nitrogens with two attached hydrogens (primary N) is 1. The molecule has 15 nitrogen and oxygen atoms in total. The Labute approximate surface area is 471 Å². The number of thiophene rings is 1. The van der Waals surface area contributed by atoms with Crippen LogP contribution in [0.4, 0.5) is 16.6 Å². The summed E-state index contributed by atoms with van der Waals surface area (Å²) in [6.45, 7) is 26.8. The van der Waals surface area contributed by atoms with Crippen LogP contribution in [-0.4, -0.2) is 133 Å². The van der Waals surface area contributed by atoms with E-state index in [9.17, 15) is 19.6 Å². The lowest BCUT2D eigenvalue weighted by Crippen LogP contribution is -2.51. The van der Waals surface area contributed by atoms with Crippen LogP contribution in [0.15, 0.2) is 41.0 Å². The molecule has 3 aromatic rings. The topological polar surface area (TPSA) is 185 Å². The zero-order valence-electron chi connectivity index (χ0n) is 49.2. The van der Waals surface area contributed by atoms with Gasteiger partial charge in [-0.15, -0.1) is 11.3 Å². The van der Waals surface area contributed by atoms with E-state index in [4.69, 9.17) is 30.5 Å². The molecule has 3 N–H and O–H groups in total. The van der Waals surface area contributed by atoms with E-state index in [1.807, 2.05) is 58.7 Å². The Morgan fingerprint density at radius 2 is 1.69 bits per heavy atom. The normalized spacial score (nSPS) is 19.1. The average Bonchev–Trinajstić information content (AvgIpc) is 4.01. The molecule has 2 atom stereocenters. The van der Waals surface area contributed by atoms with Crippen LogP contribution in [0.25, 0.3) is 5.70 Å². The number of nitrogens with zero attached hydrogens (tertiary/aromatic N) is 9. The number of ketones is 1. The summed E-state index contributed by atoms with van der Waals surface area (Å²) in [5.41, 5.74) is 13.4. The summed E-state index contributed by atoms with van der Waals surface area (Å²) in [6.07, 6.45) is 15.9. The van der Waals surface area contributed by atoms with Crippen LogP contribution < -0.4 is 15.5 Å². The number of aliphatic hydroxyl groups excluding tert-OH is 1. The molecule has 78 heavy (non-hydrogen) atoms. The number of allylic oxidation sites excluding steroid dienone is 1. The Morgan fingerprint density at radius 1 is 1.00 bits per heavy atom. The second-order valence-electron chi connectivity index (χ2n) is 21.6. The maximum absolute atomic E-state index is 13.6. The molecule has 4 aliphatic rings. The monoisotopic (exact) mass is 1090 g/mol. The number of amides is 2. The molecule has 426 valence electrons. The van der Waals surface area contributed by atoms with Gasteiger partial charge in [-0.1, -0.05) is 59.6 Å². The van der Waals surface area contributed by atoms with Crippen LogP contribution in [0.5, 0.6) is 0 Å². The number of piperazine rings is 1. The van der Waals surface area contributed by atoms with Crippen LogP contribution in [0.2, 0.25) is 0 Å². The highest BCUT2D eigenvalue weighted by molar-refractivity contribution is 7.16. The van der Waals surface area contributed by atoms with Crippen LogP contribution in [0, 0.1) is 42.1 Å². The summed E-state index contributed by atoms with van der Waals surface area (Å²) in [6, 6.07) is 10.9. The minimum atomic E-state index is -0.593. The first kappa shape index (κ1) is 63.0. The number of Topliss-reactive ketones (excluding diaryl/α,β-unsaturated/α-hetero) is 1. The highest BCUT2D eigenvalue weighted by Gasteiger charge is 2.43. The van der Waals surface area contributed by atoms with Gasteiger partial charge in [0.15, 0.2) is 5.90 Å². The second kappa shape index (κ2) is 31.1. The van der Waals surface area contributed by atoms with Gasteiger partial charge in [0.1, 0.15) is 23.0 Å². The Morgan fingerprint density at radius 3 is 2.31 bits per heavy atom. The predicted octanol–water partition coefficient (Wildman–Crippen LogP) is 10.9. The SMILES string of the molecule is CC.CCCC(=O)C(C)CCC#CO.CCCC(=O)N(C)c1ccc(C2CCN(CC3CCN(C(=O)CN4CCN(c5nccc(/C(N=C(OC)[C@@]6(C)CCCc7sc(N)c(C#N)c76)=C(/C)CC)n5)CC4)CC3)CC2)cc1C. The molecule has 3 aliphatic heterocycles. The zero-order chi connectivity index (χ0) is 56.9. The number of aromatic nitrogens is 2. The number of anilines is 3. The molecular weight excluding hydrogens is 997 g/mol. The molecule has 2 aromatic heterocycles. The van der Waals surface area contributed by atoms with E-state index < -0.39 is 5.41 Å². The number of carbonyl (C=O) groups excluding carboxylic acids is 3. The van der Waals surface area contributed by atoms with Crippen molar-refractivity contribution >= 4 is 57.2 Å². The Kier molecular flexibility index (Phi) is 25.1. The third kappa shape index (κ3) is 16.4. The number of likely N-dealkylation sites (tertiary alicyclic amines) is 2. The molecule has 0 bridgehead atoms. The maximum atomic E-state index is 13.6. The van der Waals surface area contributed by atoms with Gasteiger partial charge >= 0.3 is 0 Å². The quantitative estimate of drug-likeness (QED) is 0.0699. The highest BCUT2D eigenvalue weighted by atomic mass is 32.1. The van der Waals surface area contributed by atoms with Gasteiger partial charge in [0, 0.05) is 100 Å². The third-order valence-electron chi connectivity index (χ3n) is 16.3. The molecule has 1 unspecified atom stereocenters. The third-order valence-corrected chi connectivity index (χ3v) is 17.3. The van der Waals surface area contributed by atoms with E-state index >= 15 is 0 Å². The molecule has 1 aliphatic carbocycles. The van der Waals surface area contributed by atoms with Crippen molar-refractivity contribution < 1.29 is 24.2 Å². The number of hydrogen-bond acceptors (Lipinski definition) is 14. The van der Waals surface area contributed by atoms with E-state index in [1.165, 1.54) is 22.5 Å². The number of fused-ring (bicyclic) bond motifs is 1. The Bertz CT molecular complexity index is 2620. The summed E-state index contributed by atoms with van der Waals surface area (Å²) in [5.74, 6) is 5.73. The number of methoxy groups -OCH3 is 1. The molecule has 5 heterocycles. The zero-order valence-corrected chi connectivity index (χ0v) is 50.0. The van der Waals surface area contributed by atoms with Crippen molar-refractivity contribution in [3.05, 3.63) is 68.9 Å². The smallest absolute Gasteiger partial charge is 0.236 e. The lowest BCUT2D eigenvalue weighted by atomic mass is 9.72. The standard InChI is InChI=1S/C50H70N10O3S.C10H16O2.C2H6/c1-8-11-43(61)56(6)41-14-13-38(30-35(41)4)37-18-22-57(23-19-37)32-36-16-24-59(25-17-36)44(62)33-58-26-28-60(29-27-58)49-53-21-15-40(54-49)46(34(3)9-2)55-48(63-7)50(5)20-10-12-42-45(50)39(31-51)47(52)64-42;1-3-6-10(12)9(2)7-4-5-8-11;1-2/h13-15,21,30,36-37H,8-12,16-20,22-29,32-33,52H2,1-7H3;9,11H,3-4,6-7H2,1-2H3;1-2H3/b46-34+,55-48?;;/t50-;;/m0../s1. The Hall–Kier alpha value is -5.81. The molecule has 0 radical (unpaired) electrons. The molecule has 3 fully saturated rings.